The van der Waals surface area contributed by atoms with Gasteiger partial charge in [-0.25, -0.2) is 4.79 Å². The number of nitrogens with one attached hydrogen (secondary N) is 1. The largest absolute Gasteiger partial charge is 0.449 e. The van der Waals surface area contributed by atoms with Crippen LogP contribution in [0.5, 0.6) is 0 Å². The van der Waals surface area contributed by atoms with Crippen LogP contribution in [-0.2, 0) is 9.53 Å². The van der Waals surface area contributed by atoms with E-state index in [0.29, 0.717) is 5.56 Å². The van der Waals surface area contributed by atoms with Crippen molar-refractivity contribution < 1.29 is 14.3 Å². The van der Waals surface area contributed by atoms with Gasteiger partial charge in [-0.05, 0) is 54.5 Å². The Hall–Kier alpha value is -1.78. The van der Waals surface area contributed by atoms with Gasteiger partial charge in [0.25, 0.3) is 5.91 Å². The lowest BCUT2D eigenvalue weighted by molar-refractivity contribution is -0.129. The molecule has 5 nitrogen and oxygen atoms in total. The van der Waals surface area contributed by atoms with Gasteiger partial charge >= 0.3 is 5.97 Å². The average Bonchev–Trinajstić information content (AvgIpc) is 2.63. The molecule has 0 aliphatic rings. The van der Waals surface area contributed by atoms with Crippen molar-refractivity contribution in [3.05, 3.63) is 23.0 Å². The van der Waals surface area contributed by atoms with E-state index in [1.54, 1.807) is 6.92 Å². The minimum absolute atomic E-state index is 0.0182. The molecular formula is C16H26N2O3. The molecule has 118 valence electrons. The molecule has 1 aromatic heterocycles. The molecule has 0 bridgehead atoms. The van der Waals surface area contributed by atoms with Gasteiger partial charge in [-0.2, -0.15) is 0 Å². The molecule has 0 aliphatic carbocycles. The van der Waals surface area contributed by atoms with E-state index in [2.05, 4.69) is 23.7 Å². The first kappa shape index (κ1) is 17.3. The van der Waals surface area contributed by atoms with Crippen LogP contribution in [0.25, 0.3) is 0 Å². The predicted molar refractivity (Wildman–Crippen MR) is 82.4 cm³/mol. The molecule has 1 atom stereocenters. The summed E-state index contributed by atoms with van der Waals surface area (Å²) in [6.07, 6.45) is -0.804. The molecule has 0 saturated carbocycles. The van der Waals surface area contributed by atoms with Gasteiger partial charge in [0.2, 0.25) is 0 Å². The van der Waals surface area contributed by atoms with Crippen molar-refractivity contribution >= 4 is 11.9 Å². The normalized spacial score (nSPS) is 12.6. The maximum absolute atomic E-state index is 12.2. The number of carbonyl (C=O) groups is 2. The molecule has 0 unspecified atom stereocenters. The zero-order chi connectivity index (χ0) is 16.3. The van der Waals surface area contributed by atoms with Crippen LogP contribution in [0.3, 0.4) is 0 Å². The number of hydrogen-bond acceptors (Lipinski definition) is 3. The topological polar surface area (TPSA) is 60.3 Å². The second-order valence-electron chi connectivity index (χ2n) is 5.96. The second-order valence-corrected chi connectivity index (χ2v) is 5.96. The van der Waals surface area contributed by atoms with Crippen LogP contribution in [0.2, 0.25) is 0 Å². The van der Waals surface area contributed by atoms with E-state index in [0.717, 1.165) is 11.4 Å². The molecule has 1 amide bonds. The molecule has 1 N–H and O–H groups in total. The number of nitrogens with zero attached hydrogens (tertiary/aromatic N) is 1. The molecule has 1 heterocycles. The lowest BCUT2D eigenvalue weighted by Crippen LogP contribution is -2.39. The second kappa shape index (κ2) is 6.78. The zero-order valence-corrected chi connectivity index (χ0v) is 14.0. The van der Waals surface area contributed by atoms with Crippen LogP contribution in [0.4, 0.5) is 0 Å². The Bertz CT molecular complexity index is 530. The highest BCUT2D eigenvalue weighted by Gasteiger charge is 2.23. The van der Waals surface area contributed by atoms with Crippen LogP contribution in [-0.4, -0.2) is 28.6 Å². The Morgan fingerprint density at radius 3 is 2.14 bits per heavy atom. The fourth-order valence-electron chi connectivity index (χ4n) is 2.46. The lowest BCUT2D eigenvalue weighted by atomic mass is 10.2. The maximum atomic E-state index is 12.2. The summed E-state index contributed by atoms with van der Waals surface area (Å²) >= 11 is 0. The predicted octanol–water partition coefficient (Wildman–Crippen LogP) is 2.76. The summed E-state index contributed by atoms with van der Waals surface area (Å²) in [5, 5.41) is 2.73. The van der Waals surface area contributed by atoms with Crippen molar-refractivity contribution in [2.45, 2.75) is 66.7 Å². The summed E-state index contributed by atoms with van der Waals surface area (Å²) in [6, 6.07) is 2.10. The van der Waals surface area contributed by atoms with Gasteiger partial charge in [0.1, 0.15) is 0 Å². The van der Waals surface area contributed by atoms with E-state index in [9.17, 15) is 9.59 Å². The monoisotopic (exact) mass is 294 g/mol. The van der Waals surface area contributed by atoms with Crippen LogP contribution in [0.1, 0.15) is 62.4 Å². The first-order valence-corrected chi connectivity index (χ1v) is 7.34. The number of rotatable bonds is 5. The minimum atomic E-state index is -0.804. The molecular weight excluding hydrogens is 268 g/mol. The van der Waals surface area contributed by atoms with Crippen molar-refractivity contribution in [2.24, 2.45) is 0 Å². The third kappa shape index (κ3) is 4.09. The Morgan fingerprint density at radius 1 is 1.14 bits per heavy atom. The number of aryl methyl sites for hydroxylation is 1. The highest BCUT2D eigenvalue weighted by molar-refractivity contribution is 5.93. The maximum Gasteiger partial charge on any atom is 0.340 e. The SMILES string of the molecule is Cc1cc(C(=O)O[C@@H](C)C(=O)NC(C)C)c(C)n1C(C)C. The Labute approximate surface area is 126 Å². The third-order valence-corrected chi connectivity index (χ3v) is 3.30. The molecule has 1 aromatic rings. The Balaban J connectivity index is 2.86. The van der Waals surface area contributed by atoms with Gasteiger partial charge in [0, 0.05) is 23.5 Å². The van der Waals surface area contributed by atoms with Crippen molar-refractivity contribution in [3.8, 4) is 0 Å². The quantitative estimate of drug-likeness (QED) is 0.849. The molecule has 0 aliphatic heterocycles. The summed E-state index contributed by atoms with van der Waals surface area (Å²) in [5.74, 6) is -0.738. The van der Waals surface area contributed by atoms with E-state index in [-0.39, 0.29) is 18.0 Å². The fraction of sp³-hybridized carbons (Fsp3) is 0.625. The van der Waals surface area contributed by atoms with Crippen LogP contribution in [0.15, 0.2) is 6.07 Å². The Morgan fingerprint density at radius 2 is 1.71 bits per heavy atom. The van der Waals surface area contributed by atoms with Crippen molar-refractivity contribution in [1.82, 2.24) is 9.88 Å². The van der Waals surface area contributed by atoms with E-state index in [1.165, 1.54) is 0 Å². The molecule has 0 spiro atoms. The first-order valence-electron chi connectivity index (χ1n) is 7.34. The van der Waals surface area contributed by atoms with Gasteiger partial charge < -0.3 is 14.6 Å². The summed E-state index contributed by atoms with van der Waals surface area (Å²) in [7, 11) is 0. The zero-order valence-electron chi connectivity index (χ0n) is 14.0. The lowest BCUT2D eigenvalue weighted by Gasteiger charge is -2.16. The smallest absolute Gasteiger partial charge is 0.340 e. The summed E-state index contributed by atoms with van der Waals surface area (Å²) in [5.41, 5.74) is 2.39. The molecule has 0 radical (unpaired) electrons. The number of aromatic nitrogens is 1. The molecule has 5 heteroatoms. The highest BCUT2D eigenvalue weighted by Crippen LogP contribution is 2.21. The molecule has 0 fully saturated rings. The number of carbonyl (C=O) groups excluding carboxylic acids is 2. The van der Waals surface area contributed by atoms with Crippen molar-refractivity contribution in [1.29, 1.82) is 0 Å². The van der Waals surface area contributed by atoms with Gasteiger partial charge in [-0.15, -0.1) is 0 Å². The fourth-order valence-corrected chi connectivity index (χ4v) is 2.46. The molecule has 0 aromatic carbocycles. The number of esters is 1. The summed E-state index contributed by atoms with van der Waals surface area (Å²) in [4.78, 5) is 24.0. The number of hydrogen-bond donors (Lipinski definition) is 1. The van der Waals surface area contributed by atoms with E-state index < -0.39 is 12.1 Å². The molecule has 21 heavy (non-hydrogen) atoms. The highest BCUT2D eigenvalue weighted by atomic mass is 16.5. The van der Waals surface area contributed by atoms with Crippen molar-refractivity contribution in [3.63, 3.8) is 0 Å². The average molecular weight is 294 g/mol. The van der Waals surface area contributed by atoms with Gasteiger partial charge in [-0.3, -0.25) is 4.79 Å². The van der Waals surface area contributed by atoms with E-state index in [1.807, 2.05) is 33.8 Å². The van der Waals surface area contributed by atoms with Crippen LogP contribution >= 0.6 is 0 Å². The third-order valence-electron chi connectivity index (χ3n) is 3.30. The summed E-state index contributed by atoms with van der Waals surface area (Å²) in [6.45, 7) is 13.3. The first-order chi connectivity index (χ1) is 9.65. The van der Waals surface area contributed by atoms with E-state index >= 15 is 0 Å². The van der Waals surface area contributed by atoms with Crippen molar-refractivity contribution in [2.75, 3.05) is 0 Å². The Kier molecular flexibility index (Phi) is 5.58. The van der Waals surface area contributed by atoms with E-state index in [4.69, 9.17) is 4.74 Å². The van der Waals surface area contributed by atoms with Gasteiger partial charge in [-0.1, -0.05) is 0 Å². The van der Waals surface area contributed by atoms with Gasteiger partial charge in [0.05, 0.1) is 5.56 Å². The minimum Gasteiger partial charge on any atom is -0.449 e. The number of ether oxygens (including phenoxy) is 1. The molecule has 0 saturated heterocycles. The number of amides is 1. The van der Waals surface area contributed by atoms with Gasteiger partial charge in [0.15, 0.2) is 6.10 Å². The van der Waals surface area contributed by atoms with Crippen LogP contribution in [0, 0.1) is 13.8 Å². The molecule has 1 rings (SSSR count). The van der Waals surface area contributed by atoms with Crippen LogP contribution < -0.4 is 5.32 Å². The summed E-state index contributed by atoms with van der Waals surface area (Å²) < 4.78 is 7.34. The standard InChI is InChI=1S/C16H26N2O3/c1-9(2)17-15(19)13(7)21-16(20)14-8-11(5)18(10(3)4)12(14)6/h8-10,13H,1-7H3,(H,17,19)/t13-/m0/s1.